The number of nitrogens with one attached hydrogen (secondary N) is 1. The molecule has 0 radical (unpaired) electrons. The summed E-state index contributed by atoms with van der Waals surface area (Å²) in [6.45, 7) is 6.86. The molecule has 2 unspecified atom stereocenters. The normalized spacial score (nSPS) is 23.6. The molecule has 2 N–H and O–H groups in total. The van der Waals surface area contributed by atoms with Gasteiger partial charge in [-0.2, -0.15) is 0 Å². The molecule has 194 valence electrons. The molecule has 11 nitrogen and oxygen atoms in total. The lowest BCUT2D eigenvalue weighted by Crippen LogP contribution is -2.49. The molecule has 2 saturated heterocycles. The van der Waals surface area contributed by atoms with Gasteiger partial charge in [-0.3, -0.25) is 4.79 Å². The summed E-state index contributed by atoms with van der Waals surface area (Å²) in [5, 5.41) is 11.7. The van der Waals surface area contributed by atoms with E-state index in [1.807, 2.05) is 0 Å². The van der Waals surface area contributed by atoms with E-state index in [1.54, 1.807) is 30.2 Å². The van der Waals surface area contributed by atoms with Gasteiger partial charge in [0.25, 0.3) is 0 Å². The van der Waals surface area contributed by atoms with Crippen LogP contribution in [-0.2, 0) is 9.47 Å². The Balaban J connectivity index is 1.45. The van der Waals surface area contributed by atoms with Gasteiger partial charge in [-0.1, -0.05) is 0 Å². The molecule has 3 aliphatic rings. The van der Waals surface area contributed by atoms with Gasteiger partial charge >= 0.3 is 12.2 Å². The Morgan fingerprint density at radius 1 is 1.33 bits per heavy atom. The fourth-order valence-electron chi connectivity index (χ4n) is 5.05. The molecule has 0 spiro atoms. The summed E-state index contributed by atoms with van der Waals surface area (Å²) in [5.74, 6) is -0.962. The number of carbonyl (C=O) groups excluding carboxylic acids is 1. The Labute approximate surface area is 206 Å². The number of hydrogen-bond donors (Lipinski definition) is 2. The minimum atomic E-state index is -1.62. The quantitative estimate of drug-likeness (QED) is 0.590. The second-order valence-corrected chi connectivity index (χ2v) is 10.6. The maximum absolute atomic E-state index is 15.4. The predicted molar refractivity (Wildman–Crippen MR) is 126 cm³/mol. The highest BCUT2D eigenvalue weighted by atomic mass is 19.1. The number of halogens is 1. The number of alkyl carbamates (subject to hydrolysis) is 1. The topological polar surface area (TPSA) is 132 Å². The van der Waals surface area contributed by atoms with Gasteiger partial charge < -0.3 is 34.1 Å². The average Bonchev–Trinajstić information content (AvgIpc) is 3.44. The standard InChI is InChI=1S/C24H29FN4O7/c1-23(2,3)36-21(31)26-11-24-12-28(9-13(24)6-7-34-24)20-16(25)8-15-18(30)17(35-22(32)33)10-29(14-4-5-14)19(15)27-20/h8,10,13-14H,4-7,9,11-12H2,1-3H3,(H,26,31)(H,32,33). The van der Waals surface area contributed by atoms with E-state index >= 15 is 4.39 Å². The summed E-state index contributed by atoms with van der Waals surface area (Å²) < 4.78 is 33.1. The Morgan fingerprint density at radius 3 is 2.75 bits per heavy atom. The van der Waals surface area contributed by atoms with Crippen molar-refractivity contribution < 1.29 is 33.3 Å². The number of fused-ring (bicyclic) bond motifs is 2. The fourth-order valence-corrected chi connectivity index (χ4v) is 5.05. The molecular weight excluding hydrogens is 475 g/mol. The molecular formula is C24H29FN4O7. The smallest absolute Gasteiger partial charge is 0.449 e. The van der Waals surface area contributed by atoms with E-state index in [1.165, 1.54) is 6.20 Å². The summed E-state index contributed by atoms with van der Waals surface area (Å²) >= 11 is 0. The minimum Gasteiger partial charge on any atom is -0.449 e. The number of carbonyl (C=O) groups is 2. The van der Waals surface area contributed by atoms with Crippen molar-refractivity contribution in [3.8, 4) is 5.75 Å². The number of nitrogens with zero attached hydrogens (tertiary/aromatic N) is 3. The number of aromatic nitrogens is 2. The van der Waals surface area contributed by atoms with Crippen molar-refractivity contribution >= 4 is 29.1 Å². The van der Waals surface area contributed by atoms with Gasteiger partial charge in [-0.15, -0.1) is 0 Å². The summed E-state index contributed by atoms with van der Waals surface area (Å²) in [5.41, 5.74) is -1.81. The van der Waals surface area contributed by atoms with Crippen LogP contribution in [0.5, 0.6) is 5.75 Å². The predicted octanol–water partition coefficient (Wildman–Crippen LogP) is 3.05. The molecule has 36 heavy (non-hydrogen) atoms. The van der Waals surface area contributed by atoms with E-state index in [4.69, 9.17) is 14.6 Å². The lowest BCUT2D eigenvalue weighted by Gasteiger charge is -2.29. The van der Waals surface area contributed by atoms with Crippen LogP contribution in [0.2, 0.25) is 0 Å². The van der Waals surface area contributed by atoms with Crippen molar-refractivity contribution in [3.63, 3.8) is 0 Å². The summed E-state index contributed by atoms with van der Waals surface area (Å²) in [6.07, 6.45) is 1.58. The lowest BCUT2D eigenvalue weighted by atomic mass is 9.91. The number of hydrogen-bond acceptors (Lipinski definition) is 8. The number of pyridine rings is 2. The van der Waals surface area contributed by atoms with Crippen LogP contribution in [0, 0.1) is 11.7 Å². The van der Waals surface area contributed by atoms with Gasteiger partial charge in [0.2, 0.25) is 5.43 Å². The van der Waals surface area contributed by atoms with Crippen molar-refractivity contribution in [2.24, 2.45) is 5.92 Å². The molecule has 1 saturated carbocycles. The molecule has 0 bridgehead atoms. The Bertz CT molecular complexity index is 1290. The SMILES string of the molecule is CC(C)(C)OC(=O)NCC12CN(c3nc4c(cc3F)c(=O)c(OC(=O)O)cn4C3CC3)CC1CCO2. The zero-order valence-electron chi connectivity index (χ0n) is 20.4. The number of anilines is 1. The molecule has 12 heteroatoms. The van der Waals surface area contributed by atoms with Gasteiger partial charge in [-0.05, 0) is 46.1 Å². The van der Waals surface area contributed by atoms with Crippen LogP contribution in [0.4, 0.5) is 19.8 Å². The van der Waals surface area contributed by atoms with Gasteiger partial charge in [0.05, 0.1) is 24.7 Å². The summed E-state index contributed by atoms with van der Waals surface area (Å²) in [7, 11) is 0. The molecule has 5 rings (SSSR count). The van der Waals surface area contributed by atoms with E-state index in [2.05, 4.69) is 15.0 Å². The molecule has 1 amide bonds. The van der Waals surface area contributed by atoms with Crippen LogP contribution in [0.3, 0.4) is 0 Å². The molecule has 2 atom stereocenters. The van der Waals surface area contributed by atoms with Crippen LogP contribution >= 0.6 is 0 Å². The number of amides is 1. The third-order valence-electron chi connectivity index (χ3n) is 6.77. The molecule has 2 aliphatic heterocycles. The highest BCUT2D eigenvalue weighted by molar-refractivity contribution is 5.80. The van der Waals surface area contributed by atoms with Crippen LogP contribution in [0.15, 0.2) is 17.1 Å². The monoisotopic (exact) mass is 504 g/mol. The molecule has 2 aromatic heterocycles. The first-order chi connectivity index (χ1) is 17.0. The number of ether oxygens (including phenoxy) is 3. The van der Waals surface area contributed by atoms with Crippen molar-refractivity contribution in [1.29, 1.82) is 0 Å². The van der Waals surface area contributed by atoms with Crippen LogP contribution in [-0.4, -0.2) is 64.3 Å². The Kier molecular flexibility index (Phi) is 5.81. The highest BCUT2D eigenvalue weighted by Crippen LogP contribution is 2.42. The second kappa shape index (κ2) is 8.61. The van der Waals surface area contributed by atoms with E-state index in [9.17, 15) is 14.4 Å². The first kappa shape index (κ1) is 24.3. The highest BCUT2D eigenvalue weighted by Gasteiger charge is 2.52. The first-order valence-electron chi connectivity index (χ1n) is 12.0. The molecule has 0 aromatic carbocycles. The Morgan fingerprint density at radius 2 is 2.08 bits per heavy atom. The van der Waals surface area contributed by atoms with Crippen molar-refractivity contribution in [2.75, 3.05) is 31.1 Å². The van der Waals surface area contributed by atoms with Crippen LogP contribution < -0.4 is 20.4 Å². The zero-order chi connectivity index (χ0) is 25.8. The molecule has 1 aliphatic carbocycles. The largest absolute Gasteiger partial charge is 0.511 e. The van der Waals surface area contributed by atoms with Crippen LogP contribution in [0.1, 0.15) is 46.1 Å². The lowest BCUT2D eigenvalue weighted by molar-refractivity contribution is -0.000295. The van der Waals surface area contributed by atoms with E-state index < -0.39 is 34.7 Å². The van der Waals surface area contributed by atoms with E-state index in [0.29, 0.717) is 19.7 Å². The van der Waals surface area contributed by atoms with Gasteiger partial charge in [0.1, 0.15) is 16.8 Å². The van der Waals surface area contributed by atoms with Gasteiger partial charge in [0, 0.05) is 25.1 Å². The number of carboxylic acid groups (broad SMARTS) is 1. The molecule has 3 fully saturated rings. The number of rotatable bonds is 5. The third-order valence-corrected chi connectivity index (χ3v) is 6.77. The fraction of sp³-hybridized carbons (Fsp3) is 0.583. The minimum absolute atomic E-state index is 0.0284. The van der Waals surface area contributed by atoms with Crippen molar-refractivity contribution in [2.45, 2.75) is 57.3 Å². The first-order valence-corrected chi connectivity index (χ1v) is 12.0. The average molecular weight is 505 g/mol. The van der Waals surface area contributed by atoms with E-state index in [0.717, 1.165) is 25.3 Å². The Hall–Kier alpha value is -3.41. The van der Waals surface area contributed by atoms with Gasteiger partial charge in [0.15, 0.2) is 17.4 Å². The summed E-state index contributed by atoms with van der Waals surface area (Å²) in [6, 6.07) is 1.12. The van der Waals surface area contributed by atoms with Crippen LogP contribution in [0.25, 0.3) is 11.0 Å². The van der Waals surface area contributed by atoms with Gasteiger partial charge in [-0.25, -0.2) is 19.0 Å². The van der Waals surface area contributed by atoms with Crippen molar-refractivity contribution in [1.82, 2.24) is 14.9 Å². The third kappa shape index (κ3) is 4.57. The second-order valence-electron chi connectivity index (χ2n) is 10.6. The summed E-state index contributed by atoms with van der Waals surface area (Å²) in [4.78, 5) is 42.4. The molecule has 2 aromatic rings. The van der Waals surface area contributed by atoms with Crippen molar-refractivity contribution in [3.05, 3.63) is 28.3 Å². The van der Waals surface area contributed by atoms with E-state index in [-0.39, 0.29) is 41.1 Å². The zero-order valence-corrected chi connectivity index (χ0v) is 20.4. The maximum Gasteiger partial charge on any atom is 0.511 e. The maximum atomic E-state index is 15.4. The molecule has 4 heterocycles.